The van der Waals surface area contributed by atoms with Crippen LogP contribution in [0.5, 0.6) is 0 Å². The molecule has 0 unspecified atom stereocenters. The molecule has 8 nitrogen and oxygen atoms in total. The summed E-state index contributed by atoms with van der Waals surface area (Å²) in [6.07, 6.45) is 0.418. The molecule has 196 valence electrons. The number of hydrogen-bond acceptors (Lipinski definition) is 7. The molecular formula is C28H26F2N4O4. The standard InChI is InChI=1S/C28H26F2N4O4/c1-28(14-31)15-34(16-28)27(36)17-8-18(13-33-3-2-20-22(30)10-19(29)11-23(20)33)26-21(9-17)24(35)12-25(38-26)32-4-6-37-7-5-32/h8-12H,2-7,13,15-16H2,1H3. The Labute approximate surface area is 217 Å². The first-order valence-corrected chi connectivity index (χ1v) is 12.6. The second-order valence-electron chi connectivity index (χ2n) is 10.5. The van der Waals surface area contributed by atoms with E-state index in [1.165, 1.54) is 18.2 Å². The van der Waals surface area contributed by atoms with E-state index in [2.05, 4.69) is 6.07 Å². The van der Waals surface area contributed by atoms with Crippen LogP contribution in [0.3, 0.4) is 0 Å². The van der Waals surface area contributed by atoms with E-state index >= 15 is 0 Å². The maximum atomic E-state index is 14.4. The summed E-state index contributed by atoms with van der Waals surface area (Å²) in [5, 5.41) is 9.60. The Hall–Kier alpha value is -3.97. The summed E-state index contributed by atoms with van der Waals surface area (Å²) in [5.74, 6) is -1.12. The number of carbonyl (C=O) groups excluding carboxylic acids is 1. The van der Waals surface area contributed by atoms with Crippen LogP contribution in [0.15, 0.2) is 39.5 Å². The summed E-state index contributed by atoms with van der Waals surface area (Å²) in [6.45, 7) is 5.23. The van der Waals surface area contributed by atoms with E-state index in [0.29, 0.717) is 86.2 Å². The first kappa shape index (κ1) is 24.4. The van der Waals surface area contributed by atoms with Gasteiger partial charge in [0, 0.05) is 73.8 Å². The number of rotatable bonds is 4. The molecule has 6 rings (SSSR count). The number of nitrogens with zero attached hydrogens (tertiary/aromatic N) is 4. The SMILES string of the molecule is CC1(C#N)CN(C(=O)c2cc(CN3CCc4c(F)cc(F)cc43)c3oc(N4CCOCC4)cc(=O)c3c2)C1. The number of benzene rings is 2. The number of anilines is 2. The van der Waals surface area contributed by atoms with E-state index in [1.54, 1.807) is 17.9 Å². The van der Waals surface area contributed by atoms with Gasteiger partial charge in [-0.2, -0.15) is 5.26 Å². The fourth-order valence-electron chi connectivity index (χ4n) is 5.55. The lowest BCUT2D eigenvalue weighted by Crippen LogP contribution is -2.56. The van der Waals surface area contributed by atoms with E-state index in [4.69, 9.17) is 9.15 Å². The number of likely N-dealkylation sites (tertiary alicyclic amines) is 1. The van der Waals surface area contributed by atoms with Gasteiger partial charge in [-0.3, -0.25) is 9.59 Å². The zero-order chi connectivity index (χ0) is 26.6. The van der Waals surface area contributed by atoms with Crippen LogP contribution in [0.1, 0.15) is 28.4 Å². The molecule has 1 aromatic heterocycles. The van der Waals surface area contributed by atoms with Crippen LogP contribution in [-0.4, -0.2) is 56.7 Å². The Balaban J connectivity index is 1.43. The van der Waals surface area contributed by atoms with Crippen LogP contribution in [0.2, 0.25) is 0 Å². The molecule has 0 atom stereocenters. The average molecular weight is 521 g/mol. The average Bonchev–Trinajstić information content (AvgIpc) is 3.29. The molecule has 38 heavy (non-hydrogen) atoms. The highest BCUT2D eigenvalue weighted by molar-refractivity contribution is 5.99. The van der Waals surface area contributed by atoms with Crippen LogP contribution in [0.25, 0.3) is 11.0 Å². The third-order valence-corrected chi connectivity index (χ3v) is 7.57. The van der Waals surface area contributed by atoms with Gasteiger partial charge in [0.15, 0.2) is 11.3 Å². The highest BCUT2D eigenvalue weighted by Gasteiger charge is 2.42. The lowest BCUT2D eigenvalue weighted by Gasteiger charge is -2.43. The fraction of sp³-hybridized carbons (Fsp3) is 0.393. The number of hydrogen-bond donors (Lipinski definition) is 0. The fourth-order valence-corrected chi connectivity index (χ4v) is 5.55. The minimum Gasteiger partial charge on any atom is -0.440 e. The topological polar surface area (TPSA) is 90.0 Å². The number of ether oxygens (including phenoxy) is 1. The van der Waals surface area contributed by atoms with Gasteiger partial charge >= 0.3 is 0 Å². The molecule has 0 spiro atoms. The number of halogens is 2. The van der Waals surface area contributed by atoms with E-state index in [-0.39, 0.29) is 23.3 Å². The van der Waals surface area contributed by atoms with Crippen molar-refractivity contribution < 1.29 is 22.7 Å². The largest absolute Gasteiger partial charge is 0.440 e. The maximum Gasteiger partial charge on any atom is 0.253 e. The quantitative estimate of drug-likeness (QED) is 0.521. The Bertz CT molecular complexity index is 1550. The van der Waals surface area contributed by atoms with Crippen molar-refractivity contribution in [1.82, 2.24) is 4.90 Å². The molecule has 0 bridgehead atoms. The minimum atomic E-state index is -0.665. The van der Waals surface area contributed by atoms with Crippen molar-refractivity contribution in [2.75, 3.05) is 55.7 Å². The number of amides is 1. The van der Waals surface area contributed by atoms with E-state index in [1.807, 2.05) is 9.80 Å². The van der Waals surface area contributed by atoms with Crippen molar-refractivity contribution in [2.24, 2.45) is 5.41 Å². The van der Waals surface area contributed by atoms with Gasteiger partial charge in [0.2, 0.25) is 0 Å². The Kier molecular flexibility index (Phi) is 5.83. The molecule has 0 saturated carbocycles. The summed E-state index contributed by atoms with van der Waals surface area (Å²) >= 11 is 0. The van der Waals surface area contributed by atoms with E-state index in [0.717, 1.165) is 6.07 Å². The summed E-state index contributed by atoms with van der Waals surface area (Å²) in [4.78, 5) is 32.0. The molecule has 2 aromatic carbocycles. The van der Waals surface area contributed by atoms with Gasteiger partial charge in [0.25, 0.3) is 5.91 Å². The molecule has 0 N–H and O–H groups in total. The molecule has 1 amide bonds. The normalized spacial score (nSPS) is 18.3. The van der Waals surface area contributed by atoms with Crippen LogP contribution < -0.4 is 15.2 Å². The summed E-state index contributed by atoms with van der Waals surface area (Å²) in [7, 11) is 0. The number of fused-ring (bicyclic) bond motifs is 2. The first-order chi connectivity index (χ1) is 18.2. The van der Waals surface area contributed by atoms with Gasteiger partial charge in [-0.05, 0) is 31.5 Å². The third-order valence-electron chi connectivity index (χ3n) is 7.57. The van der Waals surface area contributed by atoms with Crippen molar-refractivity contribution in [3.8, 4) is 6.07 Å². The molecule has 4 heterocycles. The smallest absolute Gasteiger partial charge is 0.253 e. The zero-order valence-corrected chi connectivity index (χ0v) is 20.9. The third kappa shape index (κ3) is 4.17. The molecule has 0 aliphatic carbocycles. The van der Waals surface area contributed by atoms with Gasteiger partial charge in [-0.1, -0.05) is 0 Å². The van der Waals surface area contributed by atoms with Crippen molar-refractivity contribution >= 4 is 28.4 Å². The Morgan fingerprint density at radius 2 is 1.87 bits per heavy atom. The molecule has 3 aliphatic rings. The van der Waals surface area contributed by atoms with Crippen LogP contribution in [0.4, 0.5) is 20.4 Å². The Morgan fingerprint density at radius 3 is 2.61 bits per heavy atom. The predicted molar refractivity (Wildman–Crippen MR) is 136 cm³/mol. The van der Waals surface area contributed by atoms with Crippen LogP contribution >= 0.6 is 0 Å². The lowest BCUT2D eigenvalue weighted by atomic mass is 9.83. The van der Waals surface area contributed by atoms with Crippen molar-refractivity contribution in [1.29, 1.82) is 5.26 Å². The Morgan fingerprint density at radius 1 is 1.11 bits per heavy atom. The van der Waals surface area contributed by atoms with Crippen molar-refractivity contribution in [2.45, 2.75) is 19.9 Å². The van der Waals surface area contributed by atoms with Crippen LogP contribution in [-0.2, 0) is 17.7 Å². The summed E-state index contributed by atoms with van der Waals surface area (Å²) < 4.78 is 40.2. The van der Waals surface area contributed by atoms with Crippen molar-refractivity contribution in [3.63, 3.8) is 0 Å². The molecule has 0 radical (unpaired) electrons. The van der Waals surface area contributed by atoms with Gasteiger partial charge in [-0.15, -0.1) is 0 Å². The monoisotopic (exact) mass is 520 g/mol. The molecule has 10 heteroatoms. The van der Waals surface area contributed by atoms with Crippen molar-refractivity contribution in [3.05, 3.63) is 68.9 Å². The minimum absolute atomic E-state index is 0.193. The molecule has 3 aromatic rings. The summed E-state index contributed by atoms with van der Waals surface area (Å²) in [6, 6.07) is 9.07. The highest BCUT2D eigenvalue weighted by atomic mass is 19.1. The molecule has 3 aliphatic heterocycles. The number of nitriles is 1. The number of carbonyl (C=O) groups is 1. The molecule has 2 saturated heterocycles. The van der Waals surface area contributed by atoms with Gasteiger partial charge in [-0.25, -0.2) is 8.78 Å². The molecule has 2 fully saturated rings. The van der Waals surface area contributed by atoms with Crippen LogP contribution in [0, 0.1) is 28.4 Å². The number of morpholine rings is 1. The van der Waals surface area contributed by atoms with E-state index < -0.39 is 17.0 Å². The summed E-state index contributed by atoms with van der Waals surface area (Å²) in [5.41, 5.74) is 1.23. The zero-order valence-electron chi connectivity index (χ0n) is 20.9. The van der Waals surface area contributed by atoms with Gasteiger partial charge < -0.3 is 23.9 Å². The molecular weight excluding hydrogens is 494 g/mol. The van der Waals surface area contributed by atoms with Gasteiger partial charge in [0.1, 0.15) is 17.2 Å². The van der Waals surface area contributed by atoms with Gasteiger partial charge in [0.05, 0.1) is 30.1 Å². The second-order valence-corrected chi connectivity index (χ2v) is 10.5. The predicted octanol–water partition coefficient (Wildman–Crippen LogP) is 3.46. The lowest BCUT2D eigenvalue weighted by molar-refractivity contribution is 0.0369. The second kappa shape index (κ2) is 9.10. The maximum absolute atomic E-state index is 14.4. The van der Waals surface area contributed by atoms with E-state index in [9.17, 15) is 23.6 Å². The first-order valence-electron chi connectivity index (χ1n) is 12.6. The highest BCUT2D eigenvalue weighted by Crippen LogP contribution is 2.35.